The SMILES string of the molecule is CN=CC(=CN)c1cc(F)c(N)c(C(=N)c2ccnc(N3CCOCC3)c2)c1. The largest absolute Gasteiger partial charge is 0.404 e. The van der Waals surface area contributed by atoms with E-state index in [1.54, 1.807) is 25.4 Å². The third-order valence-electron chi connectivity index (χ3n) is 4.55. The molecule has 1 aromatic carbocycles. The molecule has 1 aliphatic heterocycles. The van der Waals surface area contributed by atoms with E-state index in [9.17, 15) is 4.39 Å². The molecule has 8 heteroatoms. The number of hydrogen-bond donors (Lipinski definition) is 3. The van der Waals surface area contributed by atoms with Crippen molar-refractivity contribution in [2.45, 2.75) is 0 Å². The molecule has 2 aromatic rings. The van der Waals surface area contributed by atoms with E-state index >= 15 is 0 Å². The Morgan fingerprint density at radius 1 is 1.29 bits per heavy atom. The molecule has 0 unspecified atom stereocenters. The number of benzene rings is 1. The lowest BCUT2D eigenvalue weighted by atomic mass is 9.96. The molecule has 1 saturated heterocycles. The molecule has 5 N–H and O–H groups in total. The van der Waals surface area contributed by atoms with Crippen molar-refractivity contribution in [3.05, 3.63) is 59.2 Å². The number of anilines is 2. The molecule has 1 aliphatic rings. The van der Waals surface area contributed by atoms with Gasteiger partial charge in [0.05, 0.1) is 24.6 Å². The van der Waals surface area contributed by atoms with E-state index < -0.39 is 5.82 Å². The van der Waals surface area contributed by atoms with Crippen molar-refractivity contribution < 1.29 is 9.13 Å². The summed E-state index contributed by atoms with van der Waals surface area (Å²) >= 11 is 0. The second-order valence-corrected chi connectivity index (χ2v) is 6.31. The Balaban J connectivity index is 1.99. The van der Waals surface area contributed by atoms with Gasteiger partial charge in [-0.1, -0.05) is 0 Å². The zero-order chi connectivity index (χ0) is 20.1. The van der Waals surface area contributed by atoms with Crippen molar-refractivity contribution >= 4 is 29.0 Å². The van der Waals surface area contributed by atoms with Crippen LogP contribution in [0, 0.1) is 11.2 Å². The van der Waals surface area contributed by atoms with Gasteiger partial charge in [0.2, 0.25) is 0 Å². The monoisotopic (exact) mass is 382 g/mol. The summed E-state index contributed by atoms with van der Waals surface area (Å²) in [5, 5.41) is 8.61. The number of nitrogens with two attached hydrogens (primary N) is 2. The van der Waals surface area contributed by atoms with Crippen LogP contribution in [0.1, 0.15) is 16.7 Å². The molecule has 0 atom stereocenters. The van der Waals surface area contributed by atoms with Gasteiger partial charge in [0.25, 0.3) is 0 Å². The third kappa shape index (κ3) is 4.01. The highest BCUT2D eigenvalue weighted by atomic mass is 19.1. The maximum Gasteiger partial charge on any atom is 0.147 e. The van der Waals surface area contributed by atoms with Crippen molar-refractivity contribution in [3.8, 4) is 0 Å². The number of allylic oxidation sites excluding steroid dienone is 1. The van der Waals surface area contributed by atoms with Crippen molar-refractivity contribution in [2.24, 2.45) is 10.7 Å². The molecule has 0 radical (unpaired) electrons. The highest BCUT2D eigenvalue weighted by molar-refractivity contribution is 6.16. The fourth-order valence-electron chi connectivity index (χ4n) is 3.04. The van der Waals surface area contributed by atoms with Crippen LogP contribution in [-0.2, 0) is 4.74 Å². The normalized spacial score (nSPS) is 15.2. The van der Waals surface area contributed by atoms with Gasteiger partial charge in [-0.3, -0.25) is 10.4 Å². The Morgan fingerprint density at radius 2 is 2.04 bits per heavy atom. The molecule has 1 fully saturated rings. The summed E-state index contributed by atoms with van der Waals surface area (Å²) < 4.78 is 19.8. The van der Waals surface area contributed by atoms with Gasteiger partial charge in [0.1, 0.15) is 11.6 Å². The van der Waals surface area contributed by atoms with Gasteiger partial charge in [-0.25, -0.2) is 9.37 Å². The molecule has 7 nitrogen and oxygen atoms in total. The number of rotatable bonds is 5. The molecule has 0 amide bonds. The van der Waals surface area contributed by atoms with E-state index in [-0.39, 0.29) is 17.0 Å². The highest BCUT2D eigenvalue weighted by Gasteiger charge is 2.18. The maximum absolute atomic E-state index is 14.5. The first kappa shape index (κ1) is 19.5. The number of ether oxygens (including phenoxy) is 1. The van der Waals surface area contributed by atoms with Crippen LogP contribution < -0.4 is 16.4 Å². The van der Waals surface area contributed by atoms with Gasteiger partial charge in [-0.15, -0.1) is 0 Å². The van der Waals surface area contributed by atoms with Crippen LogP contribution in [0.5, 0.6) is 0 Å². The van der Waals surface area contributed by atoms with Crippen LogP contribution >= 0.6 is 0 Å². The first-order valence-corrected chi connectivity index (χ1v) is 8.86. The molecule has 0 aliphatic carbocycles. The highest BCUT2D eigenvalue weighted by Crippen LogP contribution is 2.26. The average molecular weight is 382 g/mol. The predicted octanol–water partition coefficient (Wildman–Crippen LogP) is 2.06. The zero-order valence-electron chi connectivity index (χ0n) is 15.7. The topological polar surface area (TPSA) is 114 Å². The molecule has 0 spiro atoms. The van der Waals surface area contributed by atoms with Crippen LogP contribution in [0.2, 0.25) is 0 Å². The van der Waals surface area contributed by atoms with E-state index in [1.807, 2.05) is 6.07 Å². The molecule has 2 heterocycles. The Bertz CT molecular complexity index is 934. The predicted molar refractivity (Wildman–Crippen MR) is 111 cm³/mol. The smallest absolute Gasteiger partial charge is 0.147 e. The van der Waals surface area contributed by atoms with Crippen molar-refractivity contribution in [1.29, 1.82) is 5.41 Å². The number of hydrogen-bond acceptors (Lipinski definition) is 7. The van der Waals surface area contributed by atoms with Gasteiger partial charge in [0.15, 0.2) is 0 Å². The Hall–Kier alpha value is -3.26. The first-order valence-electron chi connectivity index (χ1n) is 8.86. The minimum Gasteiger partial charge on any atom is -0.404 e. The van der Waals surface area contributed by atoms with Gasteiger partial charge in [-0.05, 0) is 29.8 Å². The van der Waals surface area contributed by atoms with Crippen LogP contribution in [-0.4, -0.2) is 50.3 Å². The standard InChI is InChI=1S/C20H23FN6O/c1-25-12-15(11-22)14-8-16(20(24)17(21)9-14)19(23)13-2-3-26-18(10-13)27-4-6-28-7-5-27/h2-3,8-12,23H,4-7,22,24H2,1H3. The summed E-state index contributed by atoms with van der Waals surface area (Å²) in [6, 6.07) is 6.46. The molecule has 28 heavy (non-hydrogen) atoms. The zero-order valence-corrected chi connectivity index (χ0v) is 15.7. The van der Waals surface area contributed by atoms with E-state index in [2.05, 4.69) is 14.9 Å². The van der Waals surface area contributed by atoms with Crippen molar-refractivity contribution in [2.75, 3.05) is 44.0 Å². The summed E-state index contributed by atoms with van der Waals surface area (Å²) in [4.78, 5) is 10.4. The van der Waals surface area contributed by atoms with Gasteiger partial charge in [-0.2, -0.15) is 0 Å². The molecular formula is C20H23FN6O. The molecule has 146 valence electrons. The van der Waals surface area contributed by atoms with E-state index in [0.29, 0.717) is 29.9 Å². The Labute approximate surface area is 163 Å². The van der Waals surface area contributed by atoms with Crippen LogP contribution in [0.25, 0.3) is 5.57 Å². The maximum atomic E-state index is 14.5. The fraction of sp³-hybridized carbons (Fsp3) is 0.250. The minimum atomic E-state index is -0.608. The van der Waals surface area contributed by atoms with Crippen molar-refractivity contribution in [3.63, 3.8) is 0 Å². The number of halogens is 1. The van der Waals surface area contributed by atoms with Crippen LogP contribution in [0.3, 0.4) is 0 Å². The second kappa shape index (κ2) is 8.62. The number of pyridine rings is 1. The van der Waals surface area contributed by atoms with E-state index in [1.165, 1.54) is 18.5 Å². The minimum absolute atomic E-state index is 0.0803. The number of aliphatic imine (C=N–C) groups is 1. The lowest BCUT2D eigenvalue weighted by Crippen LogP contribution is -2.36. The Kier molecular flexibility index (Phi) is 6.00. The molecular weight excluding hydrogens is 359 g/mol. The molecule has 3 rings (SSSR count). The van der Waals surface area contributed by atoms with Crippen molar-refractivity contribution in [1.82, 2.24) is 4.98 Å². The van der Waals surface area contributed by atoms with E-state index in [0.717, 1.165) is 18.9 Å². The lowest BCUT2D eigenvalue weighted by Gasteiger charge is -2.28. The molecule has 0 saturated carbocycles. The summed E-state index contributed by atoms with van der Waals surface area (Å²) in [5.41, 5.74) is 13.5. The van der Waals surface area contributed by atoms with Gasteiger partial charge >= 0.3 is 0 Å². The summed E-state index contributed by atoms with van der Waals surface area (Å²) in [6.45, 7) is 2.74. The first-order chi connectivity index (χ1) is 13.5. The quantitative estimate of drug-likeness (QED) is 0.541. The average Bonchev–Trinajstić information content (AvgIpc) is 2.74. The van der Waals surface area contributed by atoms with Crippen LogP contribution in [0.4, 0.5) is 15.9 Å². The number of aromatic nitrogens is 1. The number of nitrogen functional groups attached to an aromatic ring is 1. The summed E-state index contributed by atoms with van der Waals surface area (Å²) in [5.74, 6) is 0.143. The fourth-order valence-corrected chi connectivity index (χ4v) is 3.04. The second-order valence-electron chi connectivity index (χ2n) is 6.31. The number of nitrogens with one attached hydrogen (secondary N) is 1. The van der Waals surface area contributed by atoms with E-state index in [4.69, 9.17) is 21.6 Å². The van der Waals surface area contributed by atoms with Gasteiger partial charge in [0, 0.05) is 55.4 Å². The summed E-state index contributed by atoms with van der Waals surface area (Å²) in [7, 11) is 1.60. The number of nitrogens with zero attached hydrogens (tertiary/aromatic N) is 3. The van der Waals surface area contributed by atoms with Crippen LogP contribution in [0.15, 0.2) is 41.7 Å². The summed E-state index contributed by atoms with van der Waals surface area (Å²) in [6.07, 6.45) is 4.51. The lowest BCUT2D eigenvalue weighted by molar-refractivity contribution is 0.122. The Morgan fingerprint density at radius 3 is 2.71 bits per heavy atom. The molecule has 1 aromatic heterocycles. The molecule has 0 bridgehead atoms. The third-order valence-corrected chi connectivity index (χ3v) is 4.55. The number of morpholine rings is 1. The van der Waals surface area contributed by atoms with Gasteiger partial charge < -0.3 is 21.1 Å².